The zero-order chi connectivity index (χ0) is 20.1. The lowest BCUT2D eigenvalue weighted by molar-refractivity contribution is 0.0740. The largest absolute Gasteiger partial charge is 0.337 e. The van der Waals surface area contributed by atoms with Crippen LogP contribution in [0.2, 0.25) is 0 Å². The Morgan fingerprint density at radius 2 is 1.72 bits per heavy atom. The molecular weight excluding hydrogens is 368 g/mol. The van der Waals surface area contributed by atoms with Crippen molar-refractivity contribution in [3.8, 4) is 6.07 Å². The molecule has 0 unspecified atom stereocenters. The monoisotopic (exact) mass is 386 g/mol. The van der Waals surface area contributed by atoms with Gasteiger partial charge in [0.1, 0.15) is 11.8 Å². The highest BCUT2D eigenvalue weighted by Crippen LogP contribution is 2.18. The zero-order valence-electron chi connectivity index (χ0n) is 15.6. The van der Waals surface area contributed by atoms with Gasteiger partial charge in [0.05, 0.1) is 11.3 Å². The van der Waals surface area contributed by atoms with Gasteiger partial charge in [0.15, 0.2) is 0 Å². The average molecular weight is 386 g/mol. The van der Waals surface area contributed by atoms with Crippen LogP contribution in [0, 0.1) is 11.3 Å². The Labute approximate surface area is 167 Å². The molecular formula is C20H18N8O. The molecule has 1 aliphatic heterocycles. The van der Waals surface area contributed by atoms with Crippen molar-refractivity contribution >= 4 is 23.5 Å². The molecule has 1 aromatic carbocycles. The van der Waals surface area contributed by atoms with Gasteiger partial charge in [0.2, 0.25) is 11.9 Å². The lowest BCUT2D eigenvalue weighted by Gasteiger charge is -2.34. The molecule has 1 aliphatic rings. The van der Waals surface area contributed by atoms with E-state index in [9.17, 15) is 10.1 Å². The zero-order valence-corrected chi connectivity index (χ0v) is 15.6. The molecule has 4 rings (SSSR count). The topological polar surface area (TPSA) is 111 Å². The van der Waals surface area contributed by atoms with Crippen molar-refractivity contribution in [2.75, 3.05) is 36.4 Å². The fraction of sp³-hybridized carbons (Fsp3) is 0.200. The molecule has 1 N–H and O–H groups in total. The van der Waals surface area contributed by atoms with E-state index in [2.05, 4.69) is 36.2 Å². The minimum Gasteiger partial charge on any atom is -0.337 e. The molecule has 3 heterocycles. The van der Waals surface area contributed by atoms with Gasteiger partial charge in [-0.3, -0.25) is 4.79 Å². The number of para-hydroxylation sites is 1. The van der Waals surface area contributed by atoms with E-state index in [-0.39, 0.29) is 11.9 Å². The van der Waals surface area contributed by atoms with Gasteiger partial charge in [0.25, 0.3) is 5.91 Å². The van der Waals surface area contributed by atoms with E-state index in [1.165, 1.54) is 6.20 Å². The lowest BCUT2D eigenvalue weighted by Crippen LogP contribution is -2.49. The molecule has 1 fully saturated rings. The summed E-state index contributed by atoms with van der Waals surface area (Å²) >= 11 is 0. The van der Waals surface area contributed by atoms with Crippen molar-refractivity contribution in [1.29, 1.82) is 5.26 Å². The number of nitriles is 1. The van der Waals surface area contributed by atoms with Gasteiger partial charge in [0, 0.05) is 44.8 Å². The summed E-state index contributed by atoms with van der Waals surface area (Å²) in [6, 6.07) is 12.5. The Morgan fingerprint density at radius 1 is 0.966 bits per heavy atom. The minimum absolute atomic E-state index is 0.155. The maximum Gasteiger partial charge on any atom is 0.272 e. The molecule has 0 atom stereocenters. The van der Waals surface area contributed by atoms with E-state index < -0.39 is 0 Å². The average Bonchev–Trinajstić information content (AvgIpc) is 2.80. The van der Waals surface area contributed by atoms with Crippen LogP contribution in [0.1, 0.15) is 16.1 Å². The van der Waals surface area contributed by atoms with E-state index in [0.717, 1.165) is 0 Å². The highest BCUT2D eigenvalue weighted by Gasteiger charge is 2.24. The number of nitrogens with zero attached hydrogens (tertiary/aromatic N) is 7. The third-order valence-electron chi connectivity index (χ3n) is 4.57. The number of benzene rings is 1. The third-order valence-corrected chi connectivity index (χ3v) is 4.57. The van der Waals surface area contributed by atoms with Crippen molar-refractivity contribution in [2.45, 2.75) is 0 Å². The van der Waals surface area contributed by atoms with Gasteiger partial charge < -0.3 is 15.1 Å². The number of carbonyl (C=O) groups excluding carboxylic acids is 1. The number of amides is 1. The first-order valence-electron chi connectivity index (χ1n) is 9.15. The van der Waals surface area contributed by atoms with Crippen LogP contribution in [-0.2, 0) is 0 Å². The van der Waals surface area contributed by atoms with Crippen LogP contribution in [0.3, 0.4) is 0 Å². The number of anilines is 3. The van der Waals surface area contributed by atoms with Crippen LogP contribution in [0.25, 0.3) is 0 Å². The van der Waals surface area contributed by atoms with Crippen LogP contribution < -0.4 is 10.2 Å². The maximum atomic E-state index is 12.9. The lowest BCUT2D eigenvalue weighted by atomic mass is 10.2. The second-order valence-electron chi connectivity index (χ2n) is 6.38. The number of hydrogen-bond acceptors (Lipinski definition) is 8. The molecule has 0 bridgehead atoms. The van der Waals surface area contributed by atoms with Crippen molar-refractivity contribution in [1.82, 2.24) is 24.8 Å². The first-order valence-corrected chi connectivity index (χ1v) is 9.15. The van der Waals surface area contributed by atoms with Crippen molar-refractivity contribution in [3.63, 3.8) is 0 Å². The predicted molar refractivity (Wildman–Crippen MR) is 107 cm³/mol. The normalized spacial score (nSPS) is 13.6. The first kappa shape index (κ1) is 18.3. The van der Waals surface area contributed by atoms with Crippen molar-refractivity contribution in [2.24, 2.45) is 0 Å². The number of rotatable bonds is 4. The summed E-state index contributed by atoms with van der Waals surface area (Å²) in [7, 11) is 0. The number of aromatic nitrogens is 4. The van der Waals surface area contributed by atoms with Crippen molar-refractivity contribution in [3.05, 3.63) is 66.2 Å². The van der Waals surface area contributed by atoms with Crippen LogP contribution >= 0.6 is 0 Å². The molecule has 29 heavy (non-hydrogen) atoms. The summed E-state index contributed by atoms with van der Waals surface area (Å²) in [6.45, 7) is 2.42. The molecule has 144 valence electrons. The summed E-state index contributed by atoms with van der Waals surface area (Å²) in [5, 5.41) is 12.2. The molecule has 9 heteroatoms. The predicted octanol–water partition coefficient (Wildman–Crippen LogP) is 1.84. The van der Waals surface area contributed by atoms with E-state index >= 15 is 0 Å². The van der Waals surface area contributed by atoms with Crippen LogP contribution in [-0.4, -0.2) is 56.9 Å². The van der Waals surface area contributed by atoms with Crippen LogP contribution in [0.15, 0.2) is 55.0 Å². The Balaban J connectivity index is 1.43. The summed E-state index contributed by atoms with van der Waals surface area (Å²) in [5.74, 6) is 0.789. The molecule has 2 aromatic heterocycles. The van der Waals surface area contributed by atoms with Gasteiger partial charge in [-0.1, -0.05) is 12.1 Å². The maximum absolute atomic E-state index is 12.9. The van der Waals surface area contributed by atoms with E-state index in [0.29, 0.717) is 49.1 Å². The van der Waals surface area contributed by atoms with E-state index in [4.69, 9.17) is 0 Å². The second kappa shape index (κ2) is 8.31. The summed E-state index contributed by atoms with van der Waals surface area (Å²) < 4.78 is 0. The van der Waals surface area contributed by atoms with Gasteiger partial charge in [-0.2, -0.15) is 5.26 Å². The molecule has 1 saturated heterocycles. The number of nitrogens with one attached hydrogen (secondary N) is 1. The molecule has 0 radical (unpaired) electrons. The Hall–Kier alpha value is -4.06. The fourth-order valence-electron chi connectivity index (χ4n) is 3.07. The molecule has 3 aromatic rings. The highest BCUT2D eigenvalue weighted by molar-refractivity contribution is 5.92. The smallest absolute Gasteiger partial charge is 0.272 e. The summed E-state index contributed by atoms with van der Waals surface area (Å²) in [6.07, 6.45) is 4.95. The molecule has 0 spiro atoms. The fourth-order valence-corrected chi connectivity index (χ4v) is 3.07. The quantitative estimate of drug-likeness (QED) is 0.723. The number of hydrogen-bond donors (Lipinski definition) is 1. The van der Waals surface area contributed by atoms with Gasteiger partial charge in [-0.15, -0.1) is 0 Å². The molecule has 1 amide bonds. The van der Waals surface area contributed by atoms with Gasteiger partial charge in [-0.05, 0) is 24.3 Å². The standard InChI is InChI=1S/C20H18N8O/c21-14-15-4-1-2-5-16(15)25-19-22-9-6-17(26-19)18(29)27-10-12-28(13-11-27)20-23-7-3-8-24-20/h1-9H,10-13H2,(H,22,25,26). The summed E-state index contributed by atoms with van der Waals surface area (Å²) in [5.41, 5.74) is 1.38. The Kier molecular flexibility index (Phi) is 5.25. The first-order chi connectivity index (χ1) is 14.2. The van der Waals surface area contributed by atoms with Gasteiger partial charge >= 0.3 is 0 Å². The number of carbonyl (C=O) groups is 1. The second-order valence-corrected chi connectivity index (χ2v) is 6.38. The number of piperazine rings is 1. The van der Waals surface area contributed by atoms with Crippen LogP contribution in [0.5, 0.6) is 0 Å². The highest BCUT2D eigenvalue weighted by atomic mass is 16.2. The molecule has 0 aliphatic carbocycles. The van der Waals surface area contributed by atoms with E-state index in [1.807, 2.05) is 6.07 Å². The van der Waals surface area contributed by atoms with Crippen molar-refractivity contribution < 1.29 is 4.79 Å². The molecule has 0 saturated carbocycles. The van der Waals surface area contributed by atoms with Gasteiger partial charge in [-0.25, -0.2) is 19.9 Å². The Morgan fingerprint density at radius 3 is 2.48 bits per heavy atom. The molecule has 9 nitrogen and oxygen atoms in total. The third kappa shape index (κ3) is 4.11. The minimum atomic E-state index is -0.155. The SMILES string of the molecule is N#Cc1ccccc1Nc1nccc(C(=O)N2CCN(c3ncccn3)CC2)n1. The van der Waals surface area contributed by atoms with E-state index in [1.54, 1.807) is 47.6 Å². The Bertz CT molecular complexity index is 1040. The van der Waals surface area contributed by atoms with Crippen LogP contribution in [0.4, 0.5) is 17.6 Å². The summed E-state index contributed by atoms with van der Waals surface area (Å²) in [4.78, 5) is 33.7.